The molecular formula is C18H18ClN3O2. The van der Waals surface area contributed by atoms with Gasteiger partial charge in [-0.05, 0) is 35.9 Å². The van der Waals surface area contributed by atoms with Crippen molar-refractivity contribution in [3.8, 4) is 5.75 Å². The van der Waals surface area contributed by atoms with Crippen LogP contribution >= 0.6 is 11.6 Å². The number of benzene rings is 1. The lowest BCUT2D eigenvalue weighted by atomic mass is 10.1. The summed E-state index contributed by atoms with van der Waals surface area (Å²) in [5.41, 5.74) is 1.86. The summed E-state index contributed by atoms with van der Waals surface area (Å²) in [5, 5.41) is 0.649. The van der Waals surface area contributed by atoms with Gasteiger partial charge in [-0.3, -0.25) is 4.79 Å². The van der Waals surface area contributed by atoms with Gasteiger partial charge in [0.05, 0.1) is 11.6 Å². The van der Waals surface area contributed by atoms with Crippen LogP contribution in [0.4, 0.5) is 5.82 Å². The highest BCUT2D eigenvalue weighted by Gasteiger charge is 2.25. The number of aromatic nitrogens is 1. The minimum atomic E-state index is 0.0801. The molecule has 0 unspecified atom stereocenters. The number of amides is 1. The first-order chi connectivity index (χ1) is 11.7. The number of carbonyl (C=O) groups excluding carboxylic acids is 1. The first-order valence-corrected chi connectivity index (χ1v) is 8.50. The number of ether oxygens (including phenoxy) is 1. The predicted octanol–water partition coefficient (Wildman–Crippen LogP) is 2.63. The third-order valence-electron chi connectivity index (χ3n) is 4.54. The molecule has 1 amide bonds. The van der Waals surface area contributed by atoms with Gasteiger partial charge in [-0.25, -0.2) is 4.98 Å². The van der Waals surface area contributed by atoms with Crippen molar-refractivity contribution < 1.29 is 9.53 Å². The maximum absolute atomic E-state index is 12.7. The van der Waals surface area contributed by atoms with Gasteiger partial charge in [-0.15, -0.1) is 0 Å². The summed E-state index contributed by atoms with van der Waals surface area (Å²) in [6.45, 7) is 3.50. The lowest BCUT2D eigenvalue weighted by Crippen LogP contribution is -2.49. The van der Waals surface area contributed by atoms with E-state index in [4.69, 9.17) is 16.3 Å². The van der Waals surface area contributed by atoms with Gasteiger partial charge < -0.3 is 14.5 Å². The van der Waals surface area contributed by atoms with E-state index in [0.29, 0.717) is 24.7 Å². The molecule has 0 spiro atoms. The largest absolute Gasteiger partial charge is 0.493 e. The Morgan fingerprint density at radius 1 is 1.17 bits per heavy atom. The molecule has 0 bridgehead atoms. The number of fused-ring (bicyclic) bond motifs is 1. The van der Waals surface area contributed by atoms with Crippen LogP contribution in [0.15, 0.2) is 36.5 Å². The van der Waals surface area contributed by atoms with Crippen LogP contribution in [-0.2, 0) is 6.42 Å². The molecule has 1 fully saturated rings. The molecule has 2 aromatic rings. The first kappa shape index (κ1) is 15.3. The molecule has 1 aromatic heterocycles. The molecule has 4 rings (SSSR count). The van der Waals surface area contributed by atoms with Gasteiger partial charge in [-0.1, -0.05) is 11.6 Å². The average Bonchev–Trinajstić information content (AvgIpc) is 3.09. The summed E-state index contributed by atoms with van der Waals surface area (Å²) in [6, 6.07) is 9.39. The van der Waals surface area contributed by atoms with Gasteiger partial charge >= 0.3 is 0 Å². The van der Waals surface area contributed by atoms with Gasteiger partial charge in [-0.2, -0.15) is 0 Å². The van der Waals surface area contributed by atoms with Gasteiger partial charge in [0.2, 0.25) is 0 Å². The molecule has 5 nitrogen and oxygen atoms in total. The van der Waals surface area contributed by atoms with Gasteiger partial charge in [0.25, 0.3) is 5.91 Å². The Balaban J connectivity index is 1.44. The number of pyridine rings is 1. The maximum atomic E-state index is 12.7. The van der Waals surface area contributed by atoms with E-state index in [1.807, 2.05) is 35.2 Å². The SMILES string of the molecule is O=C(c1ccc2c(c1)CCO2)N1CCN(c2ncccc2Cl)CC1. The van der Waals surface area contributed by atoms with Gasteiger partial charge in [0.15, 0.2) is 0 Å². The van der Waals surface area contributed by atoms with Crippen molar-refractivity contribution >= 4 is 23.3 Å². The van der Waals surface area contributed by atoms with Crippen molar-refractivity contribution in [3.05, 3.63) is 52.7 Å². The molecule has 0 saturated carbocycles. The number of nitrogens with zero attached hydrogens (tertiary/aromatic N) is 3. The van der Waals surface area contributed by atoms with E-state index < -0.39 is 0 Å². The first-order valence-electron chi connectivity index (χ1n) is 8.13. The van der Waals surface area contributed by atoms with Crippen molar-refractivity contribution in [2.45, 2.75) is 6.42 Å². The molecule has 6 heteroatoms. The van der Waals surface area contributed by atoms with E-state index in [0.717, 1.165) is 42.2 Å². The number of hydrogen-bond donors (Lipinski definition) is 0. The Morgan fingerprint density at radius 2 is 2.00 bits per heavy atom. The van der Waals surface area contributed by atoms with Crippen LogP contribution in [0.5, 0.6) is 5.75 Å². The second-order valence-corrected chi connectivity index (χ2v) is 6.42. The quantitative estimate of drug-likeness (QED) is 0.841. The highest BCUT2D eigenvalue weighted by molar-refractivity contribution is 6.32. The van der Waals surface area contributed by atoms with Crippen LogP contribution in [0, 0.1) is 0 Å². The summed E-state index contributed by atoms with van der Waals surface area (Å²) in [5.74, 6) is 1.78. The molecule has 0 atom stereocenters. The van der Waals surface area contributed by atoms with Crippen molar-refractivity contribution in [1.29, 1.82) is 0 Å². The summed E-state index contributed by atoms with van der Waals surface area (Å²) in [6.07, 6.45) is 2.62. The Hall–Kier alpha value is -2.27. The minimum Gasteiger partial charge on any atom is -0.493 e. The molecule has 124 valence electrons. The van der Waals surface area contributed by atoms with E-state index in [1.54, 1.807) is 6.20 Å². The van der Waals surface area contributed by atoms with Crippen molar-refractivity contribution in [2.75, 3.05) is 37.7 Å². The fourth-order valence-corrected chi connectivity index (χ4v) is 3.47. The smallest absolute Gasteiger partial charge is 0.253 e. The van der Waals surface area contributed by atoms with Crippen molar-refractivity contribution in [1.82, 2.24) is 9.88 Å². The van der Waals surface area contributed by atoms with Crippen molar-refractivity contribution in [3.63, 3.8) is 0 Å². The Morgan fingerprint density at radius 3 is 2.79 bits per heavy atom. The van der Waals surface area contributed by atoms with E-state index in [2.05, 4.69) is 9.88 Å². The molecule has 2 aliphatic heterocycles. The van der Waals surface area contributed by atoms with Gasteiger partial charge in [0, 0.05) is 44.4 Å². The van der Waals surface area contributed by atoms with Crippen LogP contribution in [0.25, 0.3) is 0 Å². The number of anilines is 1. The summed E-state index contributed by atoms with van der Waals surface area (Å²) in [4.78, 5) is 21.1. The van der Waals surface area contributed by atoms with Gasteiger partial charge in [0.1, 0.15) is 11.6 Å². The predicted molar refractivity (Wildman–Crippen MR) is 93.0 cm³/mol. The van der Waals surface area contributed by atoms with E-state index in [9.17, 15) is 4.79 Å². The molecule has 1 saturated heterocycles. The lowest BCUT2D eigenvalue weighted by molar-refractivity contribution is 0.0746. The zero-order chi connectivity index (χ0) is 16.5. The molecule has 24 heavy (non-hydrogen) atoms. The van der Waals surface area contributed by atoms with E-state index in [-0.39, 0.29) is 5.91 Å². The lowest BCUT2D eigenvalue weighted by Gasteiger charge is -2.35. The van der Waals surface area contributed by atoms with Crippen molar-refractivity contribution in [2.24, 2.45) is 0 Å². The summed E-state index contributed by atoms with van der Waals surface area (Å²) < 4.78 is 5.50. The Labute approximate surface area is 145 Å². The zero-order valence-corrected chi connectivity index (χ0v) is 14.0. The van der Waals surface area contributed by atoms with Crippen LogP contribution in [0.1, 0.15) is 15.9 Å². The number of rotatable bonds is 2. The number of halogens is 1. The number of carbonyl (C=O) groups is 1. The molecule has 1 aromatic carbocycles. The normalized spacial score (nSPS) is 16.7. The third kappa shape index (κ3) is 2.80. The van der Waals surface area contributed by atoms with Crippen LogP contribution in [0.3, 0.4) is 0 Å². The molecule has 3 heterocycles. The average molecular weight is 344 g/mol. The monoisotopic (exact) mass is 343 g/mol. The molecule has 0 aliphatic carbocycles. The van der Waals surface area contributed by atoms with E-state index in [1.165, 1.54) is 0 Å². The highest BCUT2D eigenvalue weighted by Crippen LogP contribution is 2.27. The van der Waals surface area contributed by atoms with E-state index >= 15 is 0 Å². The highest BCUT2D eigenvalue weighted by atomic mass is 35.5. The molecular weight excluding hydrogens is 326 g/mol. The molecule has 0 radical (unpaired) electrons. The second-order valence-electron chi connectivity index (χ2n) is 6.01. The summed E-state index contributed by atoms with van der Waals surface area (Å²) >= 11 is 6.21. The maximum Gasteiger partial charge on any atom is 0.253 e. The Kier molecular flexibility index (Phi) is 4.02. The summed E-state index contributed by atoms with van der Waals surface area (Å²) in [7, 11) is 0. The third-order valence-corrected chi connectivity index (χ3v) is 4.84. The second kappa shape index (κ2) is 6.32. The standard InChI is InChI=1S/C18H18ClN3O2/c19-15-2-1-6-20-17(15)21-7-9-22(10-8-21)18(23)14-3-4-16-13(12-14)5-11-24-16/h1-4,6,12H,5,7-11H2. The topological polar surface area (TPSA) is 45.7 Å². The zero-order valence-electron chi connectivity index (χ0n) is 13.2. The van der Waals surface area contributed by atoms with Crippen LogP contribution in [-0.4, -0.2) is 48.6 Å². The minimum absolute atomic E-state index is 0.0801. The Bertz CT molecular complexity index is 773. The molecule has 2 aliphatic rings. The fraction of sp³-hybridized carbons (Fsp3) is 0.333. The van der Waals surface area contributed by atoms with Crippen LogP contribution < -0.4 is 9.64 Å². The number of piperazine rings is 1. The molecule has 0 N–H and O–H groups in total. The van der Waals surface area contributed by atoms with Crippen LogP contribution in [0.2, 0.25) is 5.02 Å². The fourth-order valence-electron chi connectivity index (χ4n) is 3.23. The number of hydrogen-bond acceptors (Lipinski definition) is 4.